The standard InChI is InChI=1S/C13H21NO5S/c1-4-5-6-8-13(2,3)14(15)10-11-12(7-9-19-11)20(16,17)18/h7,9-10H,4-6,8H2,1-3H3,(H,16,17,18). The minimum absolute atomic E-state index is 0.161. The molecule has 0 aliphatic heterocycles. The second kappa shape index (κ2) is 6.41. The fraction of sp³-hybridized carbons (Fsp3) is 0.615. The Morgan fingerprint density at radius 1 is 1.45 bits per heavy atom. The van der Waals surface area contributed by atoms with E-state index in [2.05, 4.69) is 6.92 Å². The number of nitrogens with zero attached hydrogens (tertiary/aromatic N) is 1. The predicted molar refractivity (Wildman–Crippen MR) is 75.5 cm³/mol. The van der Waals surface area contributed by atoms with Crippen LogP contribution in [0.4, 0.5) is 0 Å². The van der Waals surface area contributed by atoms with Gasteiger partial charge in [-0.3, -0.25) is 4.55 Å². The summed E-state index contributed by atoms with van der Waals surface area (Å²) in [5.41, 5.74) is -0.668. The molecule has 0 saturated heterocycles. The fourth-order valence-corrected chi connectivity index (χ4v) is 2.40. The largest absolute Gasteiger partial charge is 0.623 e. The van der Waals surface area contributed by atoms with E-state index in [-0.39, 0.29) is 5.76 Å². The average Bonchev–Trinajstić information content (AvgIpc) is 2.77. The zero-order valence-electron chi connectivity index (χ0n) is 12.0. The smallest absolute Gasteiger partial charge is 0.298 e. The van der Waals surface area contributed by atoms with Gasteiger partial charge in [-0.1, -0.05) is 19.8 Å². The second-order valence-electron chi connectivity index (χ2n) is 5.35. The van der Waals surface area contributed by atoms with Crippen LogP contribution in [0.25, 0.3) is 0 Å². The van der Waals surface area contributed by atoms with Crippen molar-refractivity contribution < 1.29 is 22.1 Å². The number of furan rings is 1. The van der Waals surface area contributed by atoms with E-state index in [4.69, 9.17) is 8.97 Å². The maximum absolute atomic E-state index is 12.1. The Morgan fingerprint density at radius 2 is 2.10 bits per heavy atom. The maximum Gasteiger partial charge on any atom is 0.298 e. The van der Waals surface area contributed by atoms with E-state index in [1.54, 1.807) is 13.8 Å². The molecular weight excluding hydrogens is 282 g/mol. The van der Waals surface area contributed by atoms with Crippen LogP contribution in [0.15, 0.2) is 21.6 Å². The molecule has 1 aromatic heterocycles. The molecule has 0 radical (unpaired) electrons. The van der Waals surface area contributed by atoms with Crippen LogP contribution in [0.3, 0.4) is 0 Å². The molecule has 0 fully saturated rings. The van der Waals surface area contributed by atoms with Gasteiger partial charge in [-0.05, 0) is 12.5 Å². The summed E-state index contributed by atoms with van der Waals surface area (Å²) >= 11 is 0. The molecule has 1 heterocycles. The van der Waals surface area contributed by atoms with E-state index in [1.165, 1.54) is 0 Å². The molecule has 7 heteroatoms. The second-order valence-corrected chi connectivity index (χ2v) is 6.74. The summed E-state index contributed by atoms with van der Waals surface area (Å²) < 4.78 is 36.9. The number of hydrogen-bond acceptors (Lipinski definition) is 4. The molecule has 0 saturated carbocycles. The zero-order chi connectivity index (χ0) is 15.4. The molecule has 1 N–H and O–H groups in total. The SMILES string of the molecule is CCCCCC(C)(C)[N+]([O-])=Cc1occc1S(=O)(=O)O. The van der Waals surface area contributed by atoms with E-state index in [0.29, 0.717) is 11.2 Å². The third-order valence-electron chi connectivity index (χ3n) is 3.16. The lowest BCUT2D eigenvalue weighted by Gasteiger charge is -2.23. The number of rotatable bonds is 7. The monoisotopic (exact) mass is 303 g/mol. The molecule has 20 heavy (non-hydrogen) atoms. The Balaban J connectivity index is 2.96. The lowest BCUT2D eigenvalue weighted by atomic mass is 9.97. The van der Waals surface area contributed by atoms with Gasteiger partial charge in [0, 0.05) is 20.3 Å². The van der Waals surface area contributed by atoms with Crippen molar-refractivity contribution in [1.82, 2.24) is 0 Å². The molecule has 0 aliphatic rings. The van der Waals surface area contributed by atoms with Gasteiger partial charge < -0.3 is 9.62 Å². The molecule has 1 rings (SSSR count). The van der Waals surface area contributed by atoms with E-state index in [9.17, 15) is 13.6 Å². The van der Waals surface area contributed by atoms with Gasteiger partial charge in [0.15, 0.2) is 5.54 Å². The molecule has 114 valence electrons. The van der Waals surface area contributed by atoms with Gasteiger partial charge in [0.25, 0.3) is 10.1 Å². The third kappa shape index (κ3) is 4.35. The van der Waals surface area contributed by atoms with Crippen LogP contribution in [-0.4, -0.2) is 29.5 Å². The van der Waals surface area contributed by atoms with Gasteiger partial charge in [0.2, 0.25) is 12.0 Å². The van der Waals surface area contributed by atoms with Crippen molar-refractivity contribution in [1.29, 1.82) is 0 Å². The van der Waals surface area contributed by atoms with Crippen LogP contribution >= 0.6 is 0 Å². The Morgan fingerprint density at radius 3 is 2.65 bits per heavy atom. The molecule has 0 atom stereocenters. The molecule has 1 aromatic rings. The zero-order valence-corrected chi connectivity index (χ0v) is 12.8. The van der Waals surface area contributed by atoms with Gasteiger partial charge in [-0.2, -0.15) is 8.42 Å². The fourth-order valence-electron chi connectivity index (χ4n) is 1.82. The molecule has 0 aromatic carbocycles. The highest BCUT2D eigenvalue weighted by Crippen LogP contribution is 2.20. The van der Waals surface area contributed by atoms with Crippen LogP contribution in [0, 0.1) is 5.21 Å². The molecule has 0 amide bonds. The van der Waals surface area contributed by atoms with Gasteiger partial charge in [-0.15, -0.1) is 0 Å². The quantitative estimate of drug-likeness (QED) is 0.209. The van der Waals surface area contributed by atoms with Crippen LogP contribution in [0.1, 0.15) is 52.2 Å². The van der Waals surface area contributed by atoms with Crippen LogP contribution < -0.4 is 0 Å². The minimum Gasteiger partial charge on any atom is -0.623 e. The molecule has 0 aliphatic carbocycles. The first-order valence-electron chi connectivity index (χ1n) is 6.55. The molecule has 0 spiro atoms. The molecular formula is C13H21NO5S. The lowest BCUT2D eigenvalue weighted by Crippen LogP contribution is -2.33. The first-order chi connectivity index (χ1) is 9.18. The predicted octanol–water partition coefficient (Wildman–Crippen LogP) is 2.81. The summed E-state index contributed by atoms with van der Waals surface area (Å²) in [7, 11) is -4.39. The highest BCUT2D eigenvalue weighted by atomic mass is 32.2. The summed E-state index contributed by atoms with van der Waals surface area (Å²) in [4.78, 5) is -0.400. The number of hydrogen-bond donors (Lipinski definition) is 1. The summed E-state index contributed by atoms with van der Waals surface area (Å²) in [6.07, 6.45) is 5.88. The van der Waals surface area contributed by atoms with E-state index >= 15 is 0 Å². The van der Waals surface area contributed by atoms with Gasteiger partial charge in [0.05, 0.1) is 6.26 Å². The lowest BCUT2D eigenvalue weighted by molar-refractivity contribution is -0.537. The van der Waals surface area contributed by atoms with Crippen LogP contribution in [0.2, 0.25) is 0 Å². The van der Waals surface area contributed by atoms with Crippen LogP contribution in [0.5, 0.6) is 0 Å². The summed E-state index contributed by atoms with van der Waals surface area (Å²) in [6, 6.07) is 1.11. The van der Waals surface area contributed by atoms with E-state index in [1.807, 2.05) is 0 Å². The minimum atomic E-state index is -4.39. The molecule has 6 nitrogen and oxygen atoms in total. The first kappa shape index (κ1) is 16.7. The van der Waals surface area contributed by atoms with E-state index in [0.717, 1.165) is 37.8 Å². The summed E-state index contributed by atoms with van der Waals surface area (Å²) in [5.74, 6) is -0.161. The Labute approximate surface area is 119 Å². The van der Waals surface area contributed by atoms with Crippen molar-refractivity contribution in [3.05, 3.63) is 23.3 Å². The average molecular weight is 303 g/mol. The van der Waals surface area contributed by atoms with Gasteiger partial charge in [-0.25, -0.2) is 4.74 Å². The summed E-state index contributed by atoms with van der Waals surface area (Å²) in [6.45, 7) is 5.64. The highest BCUT2D eigenvalue weighted by molar-refractivity contribution is 7.86. The highest BCUT2D eigenvalue weighted by Gasteiger charge is 2.27. The normalized spacial score (nSPS) is 13.7. The summed E-state index contributed by atoms with van der Waals surface area (Å²) in [5, 5.41) is 12.1. The van der Waals surface area contributed by atoms with E-state index < -0.39 is 20.6 Å². The topological polar surface area (TPSA) is 93.6 Å². The van der Waals surface area contributed by atoms with Crippen molar-refractivity contribution in [3.8, 4) is 0 Å². The van der Waals surface area contributed by atoms with Crippen molar-refractivity contribution in [2.45, 2.75) is 56.9 Å². The van der Waals surface area contributed by atoms with Gasteiger partial charge in [0.1, 0.15) is 4.90 Å². The third-order valence-corrected chi connectivity index (χ3v) is 4.05. The van der Waals surface area contributed by atoms with Crippen molar-refractivity contribution in [2.24, 2.45) is 0 Å². The first-order valence-corrected chi connectivity index (χ1v) is 7.99. The Hall–Kier alpha value is -1.34. The molecule has 0 bridgehead atoms. The number of hydroxylamine groups is 1. The Kier molecular flexibility index (Phi) is 5.35. The van der Waals surface area contributed by atoms with Crippen molar-refractivity contribution in [3.63, 3.8) is 0 Å². The van der Waals surface area contributed by atoms with Gasteiger partial charge >= 0.3 is 0 Å². The van der Waals surface area contributed by atoms with Crippen LogP contribution in [-0.2, 0) is 10.1 Å². The maximum atomic E-state index is 12.1. The number of unbranched alkanes of at least 4 members (excludes halogenated alkanes) is 2. The Bertz CT molecular complexity index is 571. The van der Waals surface area contributed by atoms with Crippen molar-refractivity contribution in [2.75, 3.05) is 0 Å². The molecule has 0 unspecified atom stereocenters. The van der Waals surface area contributed by atoms with Crippen molar-refractivity contribution >= 4 is 16.3 Å².